The highest BCUT2D eigenvalue weighted by molar-refractivity contribution is 8.17. The molecule has 0 unspecified atom stereocenters. The zero-order valence-corrected chi connectivity index (χ0v) is 17.5. The third-order valence-electron chi connectivity index (χ3n) is 2.91. The van der Waals surface area contributed by atoms with Crippen LogP contribution in [-0.4, -0.2) is 11.0 Å². The standard InChI is InChI=1S/C20H30N2OS2/c1-8-18(12-14(2)3)13-20(23)22-17(7)25-16(6)10-9-11-19(21)24-15(4)5/h8,12,21H,4,6-7,9-11,13H2,1-3,5H3,(H,22,23)/b18-8+,21-19?. The SMILES string of the molecule is C=C(C)SC(=N)CCCC(=C)SC(=C)NC(=O)C/C(C=C(C)C)=C/C. The first-order valence-corrected chi connectivity index (χ1v) is 9.82. The second kappa shape index (κ2) is 12.8. The lowest BCUT2D eigenvalue weighted by Crippen LogP contribution is -2.20. The van der Waals surface area contributed by atoms with Crippen molar-refractivity contribution < 1.29 is 4.79 Å². The van der Waals surface area contributed by atoms with Gasteiger partial charge in [-0.05, 0) is 62.3 Å². The molecule has 0 aliphatic rings. The van der Waals surface area contributed by atoms with Gasteiger partial charge in [-0.2, -0.15) is 0 Å². The summed E-state index contributed by atoms with van der Waals surface area (Å²) in [6, 6.07) is 0. The molecule has 0 aliphatic heterocycles. The zero-order chi connectivity index (χ0) is 19.4. The summed E-state index contributed by atoms with van der Waals surface area (Å²) in [6.07, 6.45) is 6.64. The van der Waals surface area contributed by atoms with Gasteiger partial charge in [-0.15, -0.1) is 0 Å². The minimum Gasteiger partial charge on any atom is -0.321 e. The Morgan fingerprint density at radius 3 is 2.28 bits per heavy atom. The Morgan fingerprint density at radius 1 is 1.12 bits per heavy atom. The van der Waals surface area contributed by atoms with Crippen molar-refractivity contribution in [2.24, 2.45) is 0 Å². The third-order valence-corrected chi connectivity index (χ3v) is 4.55. The Balaban J connectivity index is 4.18. The smallest absolute Gasteiger partial charge is 0.229 e. The molecule has 0 aromatic heterocycles. The first-order chi connectivity index (χ1) is 11.6. The monoisotopic (exact) mass is 378 g/mol. The van der Waals surface area contributed by atoms with Gasteiger partial charge in [0.1, 0.15) is 0 Å². The fraction of sp³-hybridized carbons (Fsp3) is 0.400. The summed E-state index contributed by atoms with van der Waals surface area (Å²) in [4.78, 5) is 13.9. The molecule has 138 valence electrons. The van der Waals surface area contributed by atoms with Crippen molar-refractivity contribution in [3.8, 4) is 0 Å². The Kier molecular flexibility index (Phi) is 12.1. The van der Waals surface area contributed by atoms with Crippen molar-refractivity contribution in [1.29, 1.82) is 5.41 Å². The van der Waals surface area contributed by atoms with Gasteiger partial charge in [0.05, 0.1) is 16.5 Å². The number of hydrogen-bond donors (Lipinski definition) is 2. The molecule has 3 nitrogen and oxygen atoms in total. The van der Waals surface area contributed by atoms with E-state index in [1.54, 1.807) is 0 Å². The maximum atomic E-state index is 12.1. The van der Waals surface area contributed by atoms with Crippen LogP contribution in [0.25, 0.3) is 0 Å². The van der Waals surface area contributed by atoms with E-state index in [-0.39, 0.29) is 5.91 Å². The molecule has 2 N–H and O–H groups in total. The van der Waals surface area contributed by atoms with Gasteiger partial charge in [-0.1, -0.05) is 61.0 Å². The van der Waals surface area contributed by atoms with E-state index < -0.39 is 0 Å². The molecule has 0 rings (SSSR count). The fourth-order valence-electron chi connectivity index (χ4n) is 1.95. The largest absolute Gasteiger partial charge is 0.321 e. The highest BCUT2D eigenvalue weighted by atomic mass is 32.2. The van der Waals surface area contributed by atoms with Crippen LogP contribution in [0.1, 0.15) is 53.4 Å². The van der Waals surface area contributed by atoms with Crippen LogP contribution in [0.15, 0.2) is 57.9 Å². The third kappa shape index (κ3) is 13.5. The van der Waals surface area contributed by atoms with Crippen LogP contribution < -0.4 is 5.32 Å². The quantitative estimate of drug-likeness (QED) is 0.244. The van der Waals surface area contributed by atoms with Crippen molar-refractivity contribution in [2.75, 3.05) is 0 Å². The van der Waals surface area contributed by atoms with Crippen molar-refractivity contribution in [3.63, 3.8) is 0 Å². The molecule has 5 heteroatoms. The van der Waals surface area contributed by atoms with Crippen molar-refractivity contribution in [3.05, 3.63) is 57.9 Å². The van der Waals surface area contributed by atoms with Crippen LogP contribution in [-0.2, 0) is 4.79 Å². The number of amides is 1. The van der Waals surface area contributed by atoms with Crippen LogP contribution in [0.3, 0.4) is 0 Å². The molecule has 0 aromatic rings. The summed E-state index contributed by atoms with van der Waals surface area (Å²) >= 11 is 2.80. The van der Waals surface area contributed by atoms with E-state index in [0.29, 0.717) is 22.9 Å². The van der Waals surface area contributed by atoms with Crippen LogP contribution in [0, 0.1) is 5.41 Å². The average Bonchev–Trinajstić information content (AvgIpc) is 2.44. The van der Waals surface area contributed by atoms with E-state index in [1.807, 2.05) is 39.8 Å². The molecular weight excluding hydrogens is 348 g/mol. The molecule has 0 aliphatic carbocycles. The van der Waals surface area contributed by atoms with Gasteiger partial charge in [0.15, 0.2) is 0 Å². The van der Waals surface area contributed by atoms with Gasteiger partial charge in [-0.3, -0.25) is 10.2 Å². The normalized spacial score (nSPS) is 10.8. The lowest BCUT2D eigenvalue weighted by Gasteiger charge is -2.10. The van der Waals surface area contributed by atoms with Gasteiger partial charge < -0.3 is 5.32 Å². The molecular formula is C20H30N2OS2. The van der Waals surface area contributed by atoms with E-state index in [2.05, 4.69) is 25.1 Å². The molecule has 25 heavy (non-hydrogen) atoms. The maximum Gasteiger partial charge on any atom is 0.229 e. The summed E-state index contributed by atoms with van der Waals surface area (Å²) in [7, 11) is 0. The van der Waals surface area contributed by atoms with Crippen molar-refractivity contribution in [2.45, 2.75) is 53.4 Å². The summed E-state index contributed by atoms with van der Waals surface area (Å²) in [5.41, 5.74) is 2.15. The summed E-state index contributed by atoms with van der Waals surface area (Å²) in [6.45, 7) is 19.5. The number of carbonyl (C=O) groups excluding carboxylic acids is 1. The Hall–Kier alpha value is -1.46. The summed E-state index contributed by atoms with van der Waals surface area (Å²) < 4.78 is 0. The van der Waals surface area contributed by atoms with E-state index in [1.165, 1.54) is 23.5 Å². The molecule has 0 atom stereocenters. The molecule has 0 radical (unpaired) electrons. The van der Waals surface area contributed by atoms with E-state index >= 15 is 0 Å². The van der Waals surface area contributed by atoms with E-state index in [4.69, 9.17) is 5.41 Å². The fourth-order valence-corrected chi connectivity index (χ4v) is 3.38. The number of rotatable bonds is 11. The minimum atomic E-state index is -0.0736. The predicted molar refractivity (Wildman–Crippen MR) is 116 cm³/mol. The summed E-state index contributed by atoms with van der Waals surface area (Å²) in [5, 5.41) is 11.8. The van der Waals surface area contributed by atoms with Crippen molar-refractivity contribution in [1.82, 2.24) is 5.32 Å². The molecule has 0 bridgehead atoms. The number of hydrogen-bond acceptors (Lipinski definition) is 4. The molecule has 0 saturated heterocycles. The maximum absolute atomic E-state index is 12.1. The minimum absolute atomic E-state index is 0.0736. The molecule has 0 heterocycles. The lowest BCUT2D eigenvalue weighted by molar-refractivity contribution is -0.119. The van der Waals surface area contributed by atoms with Crippen LogP contribution >= 0.6 is 23.5 Å². The second-order valence-corrected chi connectivity index (χ2v) is 8.62. The number of nitrogens with one attached hydrogen (secondary N) is 2. The van der Waals surface area contributed by atoms with Crippen LogP contribution in [0.2, 0.25) is 0 Å². The topological polar surface area (TPSA) is 53.0 Å². The predicted octanol–water partition coefficient (Wildman–Crippen LogP) is 6.54. The highest BCUT2D eigenvalue weighted by Crippen LogP contribution is 2.26. The Labute approximate surface area is 161 Å². The summed E-state index contributed by atoms with van der Waals surface area (Å²) in [5.74, 6) is -0.0736. The van der Waals surface area contributed by atoms with Gasteiger partial charge >= 0.3 is 0 Å². The lowest BCUT2D eigenvalue weighted by atomic mass is 10.1. The van der Waals surface area contributed by atoms with Crippen LogP contribution in [0.5, 0.6) is 0 Å². The first-order valence-electron chi connectivity index (χ1n) is 8.19. The highest BCUT2D eigenvalue weighted by Gasteiger charge is 2.08. The molecule has 0 saturated carbocycles. The number of carbonyl (C=O) groups is 1. The van der Waals surface area contributed by atoms with E-state index in [0.717, 1.165) is 33.8 Å². The van der Waals surface area contributed by atoms with Gasteiger partial charge in [-0.25, -0.2) is 0 Å². The van der Waals surface area contributed by atoms with Crippen LogP contribution in [0.4, 0.5) is 0 Å². The molecule has 1 amide bonds. The van der Waals surface area contributed by atoms with Gasteiger partial charge in [0.25, 0.3) is 0 Å². The molecule has 0 fully saturated rings. The van der Waals surface area contributed by atoms with Gasteiger partial charge in [0.2, 0.25) is 5.91 Å². The van der Waals surface area contributed by atoms with Crippen molar-refractivity contribution >= 4 is 34.5 Å². The number of allylic oxidation sites excluding steroid dienone is 5. The molecule has 0 aromatic carbocycles. The Bertz CT molecular complexity index is 597. The second-order valence-electron chi connectivity index (χ2n) is 5.95. The number of thioether (sulfide) groups is 2. The Morgan fingerprint density at radius 2 is 1.76 bits per heavy atom. The average molecular weight is 379 g/mol. The zero-order valence-electron chi connectivity index (χ0n) is 15.8. The first kappa shape index (κ1) is 23.5. The van der Waals surface area contributed by atoms with E-state index in [9.17, 15) is 4.79 Å². The molecule has 0 spiro atoms. The van der Waals surface area contributed by atoms with Gasteiger partial charge in [0, 0.05) is 0 Å².